The van der Waals surface area contributed by atoms with Gasteiger partial charge in [-0.1, -0.05) is 15.9 Å². The van der Waals surface area contributed by atoms with Crippen molar-refractivity contribution in [3.05, 3.63) is 33.2 Å². The third kappa shape index (κ3) is 2.06. The summed E-state index contributed by atoms with van der Waals surface area (Å²) in [5.74, 6) is 0. The second-order valence-corrected chi connectivity index (χ2v) is 3.10. The summed E-state index contributed by atoms with van der Waals surface area (Å²) in [6, 6.07) is 0.982. The molecule has 0 saturated heterocycles. The van der Waals surface area contributed by atoms with Crippen molar-refractivity contribution in [3.63, 3.8) is 0 Å². The Morgan fingerprint density at radius 2 is 2.21 bits per heavy atom. The maximum Gasteiger partial charge on any atom is 0.278 e. The van der Waals surface area contributed by atoms with Crippen LogP contribution in [0.2, 0.25) is 0 Å². The molecule has 1 heterocycles. The van der Waals surface area contributed by atoms with Crippen molar-refractivity contribution >= 4 is 22.2 Å². The van der Waals surface area contributed by atoms with E-state index in [9.17, 15) is 18.4 Å². The second kappa shape index (κ2) is 4.45. The van der Waals surface area contributed by atoms with Crippen molar-refractivity contribution in [2.24, 2.45) is 0 Å². The zero-order valence-electron chi connectivity index (χ0n) is 6.89. The van der Waals surface area contributed by atoms with Crippen LogP contribution in [0.1, 0.15) is 28.0 Å². The molecule has 1 aromatic rings. The molecule has 1 rings (SSSR count). The van der Waals surface area contributed by atoms with Crippen molar-refractivity contribution < 1.29 is 13.6 Å². The van der Waals surface area contributed by atoms with Crippen molar-refractivity contribution in [1.29, 1.82) is 0 Å². The fraction of sp³-hybridized carbons (Fsp3) is 0.250. The highest BCUT2D eigenvalue weighted by Gasteiger charge is 2.13. The molecule has 0 bridgehead atoms. The van der Waals surface area contributed by atoms with Crippen molar-refractivity contribution in [2.75, 3.05) is 0 Å². The lowest BCUT2D eigenvalue weighted by Gasteiger charge is -2.03. The van der Waals surface area contributed by atoms with E-state index in [0.29, 0.717) is 6.29 Å². The van der Waals surface area contributed by atoms with Crippen LogP contribution in [-0.2, 0) is 5.33 Å². The number of aromatic nitrogens is 1. The minimum atomic E-state index is -2.79. The van der Waals surface area contributed by atoms with Crippen LogP contribution in [0.3, 0.4) is 0 Å². The first-order chi connectivity index (χ1) is 6.60. The number of hydrogen-bond acceptors (Lipinski definition) is 2. The molecule has 1 aromatic heterocycles. The van der Waals surface area contributed by atoms with Gasteiger partial charge < -0.3 is 4.98 Å². The van der Waals surface area contributed by atoms with Gasteiger partial charge in [0.15, 0.2) is 6.29 Å². The second-order valence-electron chi connectivity index (χ2n) is 2.54. The number of halogens is 3. The summed E-state index contributed by atoms with van der Waals surface area (Å²) < 4.78 is 24.4. The van der Waals surface area contributed by atoms with Crippen LogP contribution < -0.4 is 5.56 Å². The number of aromatic amines is 1. The van der Waals surface area contributed by atoms with Gasteiger partial charge >= 0.3 is 0 Å². The number of H-pyrrole nitrogens is 1. The van der Waals surface area contributed by atoms with Gasteiger partial charge in [0, 0.05) is 16.5 Å². The zero-order valence-corrected chi connectivity index (χ0v) is 8.48. The van der Waals surface area contributed by atoms with E-state index in [1.807, 2.05) is 4.98 Å². The molecule has 0 aliphatic carbocycles. The predicted molar refractivity (Wildman–Crippen MR) is 50.0 cm³/mol. The van der Waals surface area contributed by atoms with E-state index >= 15 is 0 Å². The van der Waals surface area contributed by atoms with Crippen molar-refractivity contribution in [3.8, 4) is 0 Å². The molecule has 0 amide bonds. The molecular weight excluding hydrogens is 260 g/mol. The molecule has 0 saturated carbocycles. The Morgan fingerprint density at radius 3 is 2.64 bits per heavy atom. The molecule has 0 aromatic carbocycles. The van der Waals surface area contributed by atoms with Crippen LogP contribution >= 0.6 is 15.9 Å². The maximum absolute atomic E-state index is 12.2. The van der Waals surface area contributed by atoms with E-state index in [0.717, 1.165) is 6.07 Å². The van der Waals surface area contributed by atoms with E-state index in [1.165, 1.54) is 0 Å². The van der Waals surface area contributed by atoms with Crippen LogP contribution in [0.15, 0.2) is 10.9 Å². The maximum atomic E-state index is 12.2. The molecule has 0 radical (unpaired) electrons. The van der Waals surface area contributed by atoms with Gasteiger partial charge in [0.05, 0.1) is 5.69 Å². The van der Waals surface area contributed by atoms with E-state index < -0.39 is 17.7 Å². The van der Waals surface area contributed by atoms with E-state index in [1.54, 1.807) is 0 Å². The molecule has 0 spiro atoms. The summed E-state index contributed by atoms with van der Waals surface area (Å²) in [6.45, 7) is 0. The molecule has 0 unspecified atom stereocenters. The molecule has 6 heteroatoms. The lowest BCUT2D eigenvalue weighted by atomic mass is 10.1. The first kappa shape index (κ1) is 11.0. The summed E-state index contributed by atoms with van der Waals surface area (Å²) in [4.78, 5) is 23.7. The minimum Gasteiger partial charge on any atom is -0.321 e. The molecular formula is C8H6BrF2NO2. The van der Waals surface area contributed by atoms with E-state index in [4.69, 9.17) is 0 Å². The van der Waals surface area contributed by atoms with Crippen LogP contribution in [0.5, 0.6) is 0 Å². The molecule has 3 nitrogen and oxygen atoms in total. The summed E-state index contributed by atoms with van der Waals surface area (Å²) in [6.07, 6.45) is -2.40. The first-order valence-electron chi connectivity index (χ1n) is 3.65. The number of carbonyl (C=O) groups excluding carboxylic acids is 1. The quantitative estimate of drug-likeness (QED) is 0.672. The first-order valence-corrected chi connectivity index (χ1v) is 4.77. The van der Waals surface area contributed by atoms with Gasteiger partial charge in [0.25, 0.3) is 12.0 Å². The number of hydrogen-bond donors (Lipinski definition) is 1. The number of rotatable bonds is 3. The Hall–Kier alpha value is -1.04. The molecule has 0 atom stereocenters. The topological polar surface area (TPSA) is 49.9 Å². The number of alkyl halides is 3. The van der Waals surface area contributed by atoms with Gasteiger partial charge in [-0.2, -0.15) is 0 Å². The highest BCUT2D eigenvalue weighted by atomic mass is 79.9. The number of aldehydes is 1. The monoisotopic (exact) mass is 265 g/mol. The fourth-order valence-electron chi connectivity index (χ4n) is 0.989. The summed E-state index contributed by atoms with van der Waals surface area (Å²) in [7, 11) is 0. The Bertz CT molecular complexity index is 403. The van der Waals surface area contributed by atoms with Gasteiger partial charge in [-0.3, -0.25) is 9.59 Å². The molecule has 14 heavy (non-hydrogen) atoms. The Kier molecular flexibility index (Phi) is 3.51. The van der Waals surface area contributed by atoms with Crippen LogP contribution in [0, 0.1) is 0 Å². The molecule has 1 N–H and O–H groups in total. The molecule has 0 fully saturated rings. The Balaban J connectivity index is 3.39. The summed E-state index contributed by atoms with van der Waals surface area (Å²) in [5.41, 5.74) is -1.06. The average molecular weight is 266 g/mol. The Morgan fingerprint density at radius 1 is 1.57 bits per heavy atom. The van der Waals surface area contributed by atoms with Gasteiger partial charge in [0.1, 0.15) is 0 Å². The normalized spacial score (nSPS) is 10.6. The van der Waals surface area contributed by atoms with Crippen molar-refractivity contribution in [2.45, 2.75) is 11.8 Å². The molecule has 76 valence electrons. The lowest BCUT2D eigenvalue weighted by Crippen LogP contribution is -2.16. The van der Waals surface area contributed by atoms with E-state index in [-0.39, 0.29) is 16.5 Å². The summed E-state index contributed by atoms with van der Waals surface area (Å²) in [5, 5.41) is 0.153. The number of pyridine rings is 1. The number of nitrogens with one attached hydrogen (secondary N) is 1. The van der Waals surface area contributed by atoms with Crippen molar-refractivity contribution in [1.82, 2.24) is 4.98 Å². The van der Waals surface area contributed by atoms with Gasteiger partial charge in [-0.05, 0) is 6.07 Å². The predicted octanol–water partition coefficient (Wildman–Crippen LogP) is 2.02. The standard InChI is InChI=1S/C8H6BrF2NO2/c9-2-5-4(3-13)1-6(7(10)11)12-8(5)14/h1,3,7H,2H2,(H,12,14). The van der Waals surface area contributed by atoms with Gasteiger partial charge in [-0.25, -0.2) is 8.78 Å². The van der Waals surface area contributed by atoms with Crippen LogP contribution in [-0.4, -0.2) is 11.3 Å². The fourth-order valence-corrected chi connectivity index (χ4v) is 1.57. The summed E-state index contributed by atoms with van der Waals surface area (Å²) >= 11 is 3.00. The van der Waals surface area contributed by atoms with Gasteiger partial charge in [-0.15, -0.1) is 0 Å². The third-order valence-corrected chi connectivity index (χ3v) is 2.25. The lowest BCUT2D eigenvalue weighted by molar-refractivity contribution is 0.112. The highest BCUT2D eigenvalue weighted by molar-refractivity contribution is 9.08. The largest absolute Gasteiger partial charge is 0.321 e. The zero-order chi connectivity index (χ0) is 10.7. The van der Waals surface area contributed by atoms with Gasteiger partial charge in [0.2, 0.25) is 0 Å². The third-order valence-electron chi connectivity index (χ3n) is 1.69. The minimum absolute atomic E-state index is 0.0130. The molecule has 0 aliphatic heterocycles. The number of carbonyl (C=O) groups is 1. The van der Waals surface area contributed by atoms with Crippen LogP contribution in [0.4, 0.5) is 8.78 Å². The average Bonchev–Trinajstić information content (AvgIpc) is 2.16. The highest BCUT2D eigenvalue weighted by Crippen LogP contribution is 2.17. The Labute approximate surface area is 86.3 Å². The SMILES string of the molecule is O=Cc1cc(C(F)F)[nH]c(=O)c1CBr. The molecule has 0 aliphatic rings. The smallest absolute Gasteiger partial charge is 0.278 e. The van der Waals surface area contributed by atoms with Crippen LogP contribution in [0.25, 0.3) is 0 Å². The van der Waals surface area contributed by atoms with E-state index in [2.05, 4.69) is 15.9 Å².